The number of phenolic OH excluding ortho intramolecular Hbond substituents is 2. The lowest BCUT2D eigenvalue weighted by Crippen LogP contribution is -2.21. The Bertz CT molecular complexity index is 867. The third kappa shape index (κ3) is 5.88. The Morgan fingerprint density at radius 3 is 2.68 bits per heavy atom. The number of phenols is 2. The maximum atomic E-state index is 13.1. The number of carbonyl (C=O) groups is 1. The van der Waals surface area contributed by atoms with Gasteiger partial charge in [-0.1, -0.05) is 23.4 Å². The van der Waals surface area contributed by atoms with Crippen molar-refractivity contribution in [2.45, 2.75) is 64.1 Å². The second kappa shape index (κ2) is 11.0. The maximum Gasteiger partial charge on any atom is 0.342 e. The molecule has 2 aliphatic heterocycles. The number of carbonyl (C=O) groups excluding carboxylic acids is 1. The number of ether oxygens (including phenoxy) is 2. The largest absolute Gasteiger partial charge is 0.507 e. The fourth-order valence-corrected chi connectivity index (χ4v) is 3.99. The molecule has 7 nitrogen and oxygen atoms in total. The summed E-state index contributed by atoms with van der Waals surface area (Å²) in [6, 6.07) is 1.20. The second-order valence-electron chi connectivity index (χ2n) is 7.88. The molecule has 2 aliphatic rings. The Balaban J connectivity index is 2.15. The molecule has 0 spiro atoms. The van der Waals surface area contributed by atoms with E-state index >= 15 is 0 Å². The number of fused-ring (bicyclic) bond motifs is 1. The molecule has 31 heavy (non-hydrogen) atoms. The first kappa shape index (κ1) is 22.9. The number of oxime groups is 1. The third-order valence-corrected chi connectivity index (χ3v) is 5.46. The zero-order valence-corrected chi connectivity index (χ0v) is 18.2. The molecule has 1 fully saturated rings. The lowest BCUT2D eigenvalue weighted by atomic mass is 9.88. The topological polar surface area (TPSA) is 97.6 Å². The van der Waals surface area contributed by atoms with Gasteiger partial charge in [-0.15, -0.1) is 0 Å². The summed E-state index contributed by atoms with van der Waals surface area (Å²) >= 11 is 0. The van der Waals surface area contributed by atoms with Gasteiger partial charge in [0.2, 0.25) is 0 Å². The monoisotopic (exact) mass is 429 g/mol. The Hall–Kier alpha value is -2.80. The van der Waals surface area contributed by atoms with Crippen molar-refractivity contribution in [2.24, 2.45) is 5.16 Å². The highest BCUT2D eigenvalue weighted by Gasteiger charge is 2.30. The summed E-state index contributed by atoms with van der Waals surface area (Å²) in [7, 11) is 1.46. The fraction of sp³-hybridized carbons (Fsp3) is 0.500. The van der Waals surface area contributed by atoms with Crippen LogP contribution in [0, 0.1) is 0 Å². The summed E-state index contributed by atoms with van der Waals surface area (Å²) in [6.45, 7) is 2.39. The average molecular weight is 430 g/mol. The van der Waals surface area contributed by atoms with E-state index in [2.05, 4.69) is 11.2 Å². The van der Waals surface area contributed by atoms with E-state index in [1.807, 2.05) is 25.2 Å². The first-order chi connectivity index (χ1) is 15.0. The number of aromatic hydroxyl groups is 2. The van der Waals surface area contributed by atoms with Crippen molar-refractivity contribution < 1.29 is 29.3 Å². The highest BCUT2D eigenvalue weighted by atomic mass is 16.6. The molecule has 3 rings (SSSR count). The standard InChI is InChI=1S/C24H31NO6/c1-16-10-6-4-3-5-7-11-17(25-29-2)14-18-22(21-12-8-9-13-30-21)19(26)15-20(27)23(18)24(28)31-16/h4,6-7,11,15-16,21,26-27H,3,5,8-10,12-14H2,1-2H3. The van der Waals surface area contributed by atoms with Crippen molar-refractivity contribution in [3.05, 3.63) is 47.1 Å². The van der Waals surface area contributed by atoms with E-state index in [1.165, 1.54) is 13.2 Å². The van der Waals surface area contributed by atoms with Gasteiger partial charge < -0.3 is 24.5 Å². The number of esters is 1. The van der Waals surface area contributed by atoms with Gasteiger partial charge in [0.1, 0.15) is 30.3 Å². The summed E-state index contributed by atoms with van der Waals surface area (Å²) < 4.78 is 11.5. The van der Waals surface area contributed by atoms with Gasteiger partial charge in [-0.25, -0.2) is 4.79 Å². The van der Waals surface area contributed by atoms with Crippen molar-refractivity contribution in [3.63, 3.8) is 0 Å². The highest BCUT2D eigenvalue weighted by molar-refractivity contribution is 6.01. The van der Waals surface area contributed by atoms with E-state index in [9.17, 15) is 15.0 Å². The second-order valence-corrected chi connectivity index (χ2v) is 7.88. The molecule has 1 saturated heterocycles. The molecule has 1 aromatic rings. The van der Waals surface area contributed by atoms with Crippen LogP contribution >= 0.6 is 0 Å². The zero-order valence-electron chi connectivity index (χ0n) is 18.2. The zero-order chi connectivity index (χ0) is 22.2. The summed E-state index contributed by atoms with van der Waals surface area (Å²) in [5.41, 5.74) is 1.55. The van der Waals surface area contributed by atoms with Crippen LogP contribution in [0.1, 0.15) is 73.0 Å². The molecule has 0 aliphatic carbocycles. The third-order valence-electron chi connectivity index (χ3n) is 5.46. The number of hydrogen-bond donors (Lipinski definition) is 2. The van der Waals surface area contributed by atoms with Gasteiger partial charge in [-0.05, 0) is 50.7 Å². The van der Waals surface area contributed by atoms with Crippen LogP contribution < -0.4 is 0 Å². The summed E-state index contributed by atoms with van der Waals surface area (Å²) in [6.07, 6.45) is 12.2. The smallest absolute Gasteiger partial charge is 0.342 e. The number of benzene rings is 1. The molecule has 168 valence electrons. The average Bonchev–Trinajstić information content (AvgIpc) is 2.73. The van der Waals surface area contributed by atoms with E-state index in [0.717, 1.165) is 25.7 Å². The van der Waals surface area contributed by atoms with Crippen LogP contribution in [-0.4, -0.2) is 41.7 Å². The number of rotatable bonds is 2. The number of nitrogens with zero attached hydrogens (tertiary/aromatic N) is 1. The quantitative estimate of drug-likeness (QED) is 0.401. The Labute approximate surface area is 183 Å². The first-order valence-corrected chi connectivity index (χ1v) is 10.8. The van der Waals surface area contributed by atoms with E-state index < -0.39 is 5.97 Å². The normalized spacial score (nSPS) is 24.3. The van der Waals surface area contributed by atoms with E-state index in [-0.39, 0.29) is 35.7 Å². The highest BCUT2D eigenvalue weighted by Crippen LogP contribution is 2.41. The fourth-order valence-electron chi connectivity index (χ4n) is 3.99. The molecule has 0 aromatic heterocycles. The summed E-state index contributed by atoms with van der Waals surface area (Å²) in [4.78, 5) is 18.1. The molecule has 0 saturated carbocycles. The molecule has 0 amide bonds. The van der Waals surface area contributed by atoms with Crippen LogP contribution in [0.3, 0.4) is 0 Å². The molecule has 0 radical (unpaired) electrons. The van der Waals surface area contributed by atoms with Gasteiger partial charge in [0.25, 0.3) is 0 Å². The van der Waals surface area contributed by atoms with Crippen molar-refractivity contribution in [1.82, 2.24) is 0 Å². The molecule has 1 aromatic carbocycles. The molecule has 2 atom stereocenters. The predicted octanol–water partition coefficient (Wildman–Crippen LogP) is 4.73. The molecule has 2 N–H and O–H groups in total. The summed E-state index contributed by atoms with van der Waals surface area (Å²) in [5.74, 6) is -1.07. The van der Waals surface area contributed by atoms with Gasteiger partial charge >= 0.3 is 5.97 Å². The Morgan fingerprint density at radius 1 is 1.13 bits per heavy atom. The van der Waals surface area contributed by atoms with Crippen LogP contribution in [0.15, 0.2) is 35.5 Å². The van der Waals surface area contributed by atoms with Gasteiger partial charge in [-0.3, -0.25) is 0 Å². The van der Waals surface area contributed by atoms with Crippen molar-refractivity contribution >= 4 is 11.7 Å². The van der Waals surface area contributed by atoms with Crippen molar-refractivity contribution in [2.75, 3.05) is 13.7 Å². The number of cyclic esters (lactones) is 1. The Kier molecular flexibility index (Phi) is 8.12. The van der Waals surface area contributed by atoms with Gasteiger partial charge in [0.05, 0.1) is 11.8 Å². The molecule has 2 unspecified atom stereocenters. The van der Waals surface area contributed by atoms with Crippen molar-refractivity contribution in [3.8, 4) is 11.5 Å². The Morgan fingerprint density at radius 2 is 1.94 bits per heavy atom. The van der Waals surface area contributed by atoms with Crippen LogP contribution in [-0.2, 0) is 20.7 Å². The minimum absolute atomic E-state index is 0.0343. The lowest BCUT2D eigenvalue weighted by molar-refractivity contribution is 0.0129. The lowest BCUT2D eigenvalue weighted by Gasteiger charge is -2.27. The van der Waals surface area contributed by atoms with E-state index in [1.54, 1.807) is 0 Å². The number of hydrogen-bond acceptors (Lipinski definition) is 7. The predicted molar refractivity (Wildman–Crippen MR) is 117 cm³/mol. The molecular weight excluding hydrogens is 398 g/mol. The van der Waals surface area contributed by atoms with Gasteiger partial charge in [-0.2, -0.15) is 0 Å². The first-order valence-electron chi connectivity index (χ1n) is 10.8. The minimum atomic E-state index is -0.636. The van der Waals surface area contributed by atoms with Crippen LogP contribution in [0.5, 0.6) is 11.5 Å². The van der Waals surface area contributed by atoms with Gasteiger partial charge in [0.15, 0.2) is 0 Å². The van der Waals surface area contributed by atoms with E-state index in [4.69, 9.17) is 14.3 Å². The molecular formula is C24H31NO6. The van der Waals surface area contributed by atoms with Gasteiger partial charge in [0, 0.05) is 31.1 Å². The molecule has 0 bridgehead atoms. The molecule has 2 heterocycles. The van der Waals surface area contributed by atoms with E-state index in [0.29, 0.717) is 36.3 Å². The summed E-state index contributed by atoms with van der Waals surface area (Å²) in [5, 5.41) is 25.5. The van der Waals surface area contributed by atoms with Crippen LogP contribution in [0.4, 0.5) is 0 Å². The SMILES string of the molecule is CON=C1C=CCCC=CCC(C)OC(=O)c2c(O)cc(O)c(C3CCCCO3)c2C1. The van der Waals surface area contributed by atoms with Crippen LogP contribution in [0.25, 0.3) is 0 Å². The van der Waals surface area contributed by atoms with Crippen molar-refractivity contribution in [1.29, 1.82) is 0 Å². The number of allylic oxidation sites excluding steroid dienone is 3. The maximum absolute atomic E-state index is 13.1. The minimum Gasteiger partial charge on any atom is -0.507 e. The molecule has 7 heteroatoms. The van der Waals surface area contributed by atoms with Crippen LogP contribution in [0.2, 0.25) is 0 Å².